The second-order valence-electron chi connectivity index (χ2n) is 6.41. The molecule has 1 aliphatic heterocycles. The fraction of sp³-hybridized carbons (Fsp3) is 0.786. The van der Waals surface area contributed by atoms with Crippen molar-refractivity contribution in [3.8, 4) is 0 Å². The van der Waals surface area contributed by atoms with Crippen LogP contribution >= 0.6 is 0 Å². The number of nitrogens with zero attached hydrogens (tertiary/aromatic N) is 2. The van der Waals surface area contributed by atoms with E-state index >= 15 is 0 Å². The normalized spacial score (nSPS) is 22.3. The Kier molecular flexibility index (Phi) is 4.40. The van der Waals surface area contributed by atoms with Gasteiger partial charge in [-0.05, 0) is 52.6 Å². The average Bonchev–Trinajstić information content (AvgIpc) is 2.79. The van der Waals surface area contributed by atoms with Gasteiger partial charge in [-0.25, -0.2) is 0 Å². The van der Waals surface area contributed by atoms with Crippen LogP contribution in [-0.2, 0) is 6.54 Å². The van der Waals surface area contributed by atoms with E-state index in [0.717, 1.165) is 19.0 Å². The molecule has 4 heteroatoms. The lowest BCUT2D eigenvalue weighted by Gasteiger charge is -2.34. The van der Waals surface area contributed by atoms with Crippen LogP contribution in [-0.4, -0.2) is 35.2 Å². The summed E-state index contributed by atoms with van der Waals surface area (Å²) in [6, 6.07) is 0. The van der Waals surface area contributed by atoms with Crippen LogP contribution < -0.4 is 5.32 Å². The van der Waals surface area contributed by atoms with Crippen LogP contribution in [0.2, 0.25) is 0 Å². The van der Waals surface area contributed by atoms with Crippen molar-refractivity contribution in [2.24, 2.45) is 5.92 Å². The molecule has 1 N–H and O–H groups in total. The highest BCUT2D eigenvalue weighted by atomic mass is 16.5. The maximum absolute atomic E-state index is 4.89. The molecule has 1 unspecified atom stereocenters. The minimum Gasteiger partial charge on any atom is -0.364 e. The highest BCUT2D eigenvalue weighted by Crippen LogP contribution is 2.18. The zero-order valence-corrected chi connectivity index (χ0v) is 11.8. The number of piperidine rings is 1. The van der Waals surface area contributed by atoms with Gasteiger partial charge in [-0.2, -0.15) is 0 Å². The molecule has 18 heavy (non-hydrogen) atoms. The predicted octanol–water partition coefficient (Wildman–Crippen LogP) is 2.27. The van der Waals surface area contributed by atoms with E-state index in [1.807, 2.05) is 6.20 Å². The van der Waals surface area contributed by atoms with E-state index in [9.17, 15) is 0 Å². The van der Waals surface area contributed by atoms with Crippen LogP contribution in [0, 0.1) is 5.92 Å². The minimum absolute atomic E-state index is 0.219. The quantitative estimate of drug-likeness (QED) is 0.891. The number of hydrogen-bond acceptors (Lipinski definition) is 4. The first kappa shape index (κ1) is 13.6. The van der Waals surface area contributed by atoms with Crippen LogP contribution in [0.5, 0.6) is 0 Å². The summed E-state index contributed by atoms with van der Waals surface area (Å²) in [4.78, 5) is 2.50. The van der Waals surface area contributed by atoms with Crippen molar-refractivity contribution in [3.63, 3.8) is 0 Å². The first-order valence-corrected chi connectivity index (χ1v) is 6.88. The molecule has 1 atom stereocenters. The predicted molar refractivity (Wildman–Crippen MR) is 72.3 cm³/mol. The zero-order chi connectivity index (χ0) is 13.0. The SMILES string of the molecule is CC(C)(C)NCC1CCCN(Cc2cnoc2)C1. The minimum atomic E-state index is 0.219. The zero-order valence-electron chi connectivity index (χ0n) is 11.8. The Hall–Kier alpha value is -0.870. The Bertz CT molecular complexity index is 342. The van der Waals surface area contributed by atoms with Gasteiger partial charge in [-0.15, -0.1) is 0 Å². The Balaban J connectivity index is 1.77. The first-order chi connectivity index (χ1) is 8.53. The summed E-state index contributed by atoms with van der Waals surface area (Å²) in [5.41, 5.74) is 1.40. The fourth-order valence-electron chi connectivity index (χ4n) is 2.48. The molecule has 0 bridgehead atoms. The number of hydrogen-bond donors (Lipinski definition) is 1. The third-order valence-electron chi connectivity index (χ3n) is 3.41. The van der Waals surface area contributed by atoms with Crippen LogP contribution in [0.15, 0.2) is 17.0 Å². The summed E-state index contributed by atoms with van der Waals surface area (Å²) in [5, 5.41) is 7.37. The summed E-state index contributed by atoms with van der Waals surface area (Å²) < 4.78 is 4.89. The monoisotopic (exact) mass is 251 g/mol. The van der Waals surface area contributed by atoms with Crippen molar-refractivity contribution >= 4 is 0 Å². The van der Waals surface area contributed by atoms with E-state index in [4.69, 9.17) is 4.52 Å². The number of likely N-dealkylation sites (tertiary alicyclic amines) is 1. The molecule has 102 valence electrons. The second-order valence-corrected chi connectivity index (χ2v) is 6.41. The summed E-state index contributed by atoms with van der Waals surface area (Å²) in [7, 11) is 0. The highest BCUT2D eigenvalue weighted by Gasteiger charge is 2.21. The van der Waals surface area contributed by atoms with Crippen LogP contribution in [0.25, 0.3) is 0 Å². The van der Waals surface area contributed by atoms with Crippen molar-refractivity contribution in [2.45, 2.75) is 45.7 Å². The van der Waals surface area contributed by atoms with Gasteiger partial charge in [0.15, 0.2) is 0 Å². The average molecular weight is 251 g/mol. The molecule has 2 heterocycles. The smallest absolute Gasteiger partial charge is 0.128 e. The number of aromatic nitrogens is 1. The van der Waals surface area contributed by atoms with Gasteiger partial charge >= 0.3 is 0 Å². The highest BCUT2D eigenvalue weighted by molar-refractivity contribution is 5.00. The Morgan fingerprint density at radius 3 is 3.00 bits per heavy atom. The standard InChI is InChI=1S/C14H25N3O/c1-14(2,3)15-7-12-5-4-6-17(9-12)10-13-8-16-18-11-13/h8,11-12,15H,4-7,9-10H2,1-3H3. The molecule has 0 radical (unpaired) electrons. The van der Waals surface area contributed by atoms with Crippen molar-refractivity contribution in [1.82, 2.24) is 15.4 Å². The second kappa shape index (κ2) is 5.85. The lowest BCUT2D eigenvalue weighted by molar-refractivity contribution is 0.159. The number of nitrogens with one attached hydrogen (secondary N) is 1. The molecule has 0 spiro atoms. The first-order valence-electron chi connectivity index (χ1n) is 6.88. The molecule has 0 amide bonds. The van der Waals surface area contributed by atoms with Gasteiger partial charge in [-0.1, -0.05) is 5.16 Å². The largest absolute Gasteiger partial charge is 0.364 e. The van der Waals surface area contributed by atoms with Crippen molar-refractivity contribution in [2.75, 3.05) is 19.6 Å². The molecule has 0 aromatic carbocycles. The van der Waals surface area contributed by atoms with Gasteiger partial charge in [0.25, 0.3) is 0 Å². The lowest BCUT2D eigenvalue weighted by Crippen LogP contribution is -2.44. The van der Waals surface area contributed by atoms with E-state index < -0.39 is 0 Å². The maximum Gasteiger partial charge on any atom is 0.128 e. The number of rotatable bonds is 4. The molecule has 1 saturated heterocycles. The van der Waals surface area contributed by atoms with E-state index in [-0.39, 0.29) is 5.54 Å². The van der Waals surface area contributed by atoms with E-state index in [1.165, 1.54) is 31.5 Å². The van der Waals surface area contributed by atoms with E-state index in [1.54, 1.807) is 6.26 Å². The van der Waals surface area contributed by atoms with Crippen molar-refractivity contribution in [1.29, 1.82) is 0 Å². The van der Waals surface area contributed by atoms with Gasteiger partial charge in [0.05, 0.1) is 6.20 Å². The summed E-state index contributed by atoms with van der Waals surface area (Å²) in [6.07, 6.45) is 6.19. The maximum atomic E-state index is 4.89. The van der Waals surface area contributed by atoms with Gasteiger partial charge in [0.2, 0.25) is 0 Å². The molecule has 4 nitrogen and oxygen atoms in total. The molecule has 0 saturated carbocycles. The Morgan fingerprint density at radius 2 is 2.33 bits per heavy atom. The Labute approximate surface area is 110 Å². The lowest BCUT2D eigenvalue weighted by atomic mass is 9.96. The molecule has 1 fully saturated rings. The van der Waals surface area contributed by atoms with Gasteiger partial charge < -0.3 is 9.84 Å². The summed E-state index contributed by atoms with van der Waals surface area (Å²) >= 11 is 0. The molecule has 2 rings (SSSR count). The molecule has 1 aromatic rings. The van der Waals surface area contributed by atoms with Gasteiger partial charge in [0.1, 0.15) is 6.26 Å². The van der Waals surface area contributed by atoms with Crippen molar-refractivity contribution < 1.29 is 4.52 Å². The molecule has 0 aliphatic carbocycles. The van der Waals surface area contributed by atoms with Gasteiger partial charge in [-0.3, -0.25) is 4.90 Å². The van der Waals surface area contributed by atoms with Crippen LogP contribution in [0.1, 0.15) is 39.2 Å². The topological polar surface area (TPSA) is 41.3 Å². The Morgan fingerprint density at radius 1 is 1.50 bits per heavy atom. The molecule has 1 aliphatic rings. The molecular formula is C14H25N3O. The molecular weight excluding hydrogens is 226 g/mol. The van der Waals surface area contributed by atoms with E-state index in [2.05, 4.69) is 36.1 Å². The van der Waals surface area contributed by atoms with Gasteiger partial charge in [0, 0.05) is 24.2 Å². The van der Waals surface area contributed by atoms with Crippen LogP contribution in [0.3, 0.4) is 0 Å². The van der Waals surface area contributed by atoms with Crippen molar-refractivity contribution in [3.05, 3.63) is 18.0 Å². The fourth-order valence-corrected chi connectivity index (χ4v) is 2.48. The molecule has 1 aromatic heterocycles. The summed E-state index contributed by atoms with van der Waals surface area (Å²) in [5.74, 6) is 0.762. The van der Waals surface area contributed by atoms with E-state index in [0.29, 0.717) is 0 Å². The third kappa shape index (κ3) is 4.42. The summed E-state index contributed by atoms with van der Waals surface area (Å²) in [6.45, 7) is 11.1. The third-order valence-corrected chi connectivity index (χ3v) is 3.41. The van der Waals surface area contributed by atoms with Crippen LogP contribution in [0.4, 0.5) is 0 Å².